The number of rotatable bonds is 34. The predicted molar refractivity (Wildman–Crippen MR) is 198 cm³/mol. The molecule has 9 heteroatoms. The molecule has 0 aliphatic carbocycles. The summed E-state index contributed by atoms with van der Waals surface area (Å²) in [4.78, 5) is 42.6. The summed E-state index contributed by atoms with van der Waals surface area (Å²) in [5.74, 6) is -0.959. The molecular formula is C39H69O8P. The molecule has 0 saturated carbocycles. The molecule has 0 radical (unpaired) electrons. The molecule has 0 amide bonds. The molecule has 0 aromatic heterocycles. The van der Waals surface area contributed by atoms with Crippen molar-refractivity contribution in [2.45, 2.75) is 174 Å². The van der Waals surface area contributed by atoms with Crippen molar-refractivity contribution in [1.82, 2.24) is 0 Å². The van der Waals surface area contributed by atoms with E-state index in [-0.39, 0.29) is 19.4 Å². The Morgan fingerprint density at radius 2 is 0.958 bits per heavy atom. The molecule has 0 heterocycles. The summed E-state index contributed by atoms with van der Waals surface area (Å²) in [5.41, 5.74) is 0. The number of allylic oxidation sites excluding steroid dienone is 8. The summed E-state index contributed by atoms with van der Waals surface area (Å²) in [5, 5.41) is 0. The van der Waals surface area contributed by atoms with Gasteiger partial charge in [0.15, 0.2) is 6.10 Å². The summed E-state index contributed by atoms with van der Waals surface area (Å²) in [6.45, 7) is 3.59. The largest absolute Gasteiger partial charge is 0.469 e. The highest BCUT2D eigenvalue weighted by Gasteiger charge is 2.22. The Morgan fingerprint density at radius 3 is 1.50 bits per heavy atom. The zero-order chi connectivity index (χ0) is 35.4. The fraction of sp³-hybridized carbons (Fsp3) is 0.744. The third kappa shape index (κ3) is 36.8. The van der Waals surface area contributed by atoms with Gasteiger partial charge in [-0.1, -0.05) is 133 Å². The highest BCUT2D eigenvalue weighted by Crippen LogP contribution is 2.36. The number of carbonyl (C=O) groups excluding carboxylic acids is 2. The second-order valence-corrected chi connectivity index (χ2v) is 13.8. The maximum atomic E-state index is 12.3. The highest BCUT2D eigenvalue weighted by atomic mass is 31.2. The van der Waals surface area contributed by atoms with Crippen LogP contribution in [-0.2, 0) is 28.2 Å². The summed E-state index contributed by atoms with van der Waals surface area (Å²) in [6, 6.07) is 0. The standard InChI is InChI=1S/C39H69O8P/c1-3-5-7-9-11-13-15-17-18-19-20-22-23-25-27-29-31-33-38(40)45-35-37(36-46-48(42,43)44)47-39(41)34-32-30-28-26-24-21-16-14-12-10-8-6-4-2/h14,16-18,20,22,25,27,37H,3-13,15,19,21,23-24,26,28-36H2,1-2H3,(H2,42,43,44)/b16-14-,18-17-,22-20-,27-25-/t37-/m1/s1. The van der Waals surface area contributed by atoms with Crippen LogP contribution in [0.15, 0.2) is 48.6 Å². The fourth-order valence-electron chi connectivity index (χ4n) is 4.97. The second kappa shape index (κ2) is 34.9. The Labute approximate surface area is 293 Å². The molecule has 0 aliphatic rings. The molecule has 0 fully saturated rings. The number of hydrogen-bond acceptors (Lipinski definition) is 6. The van der Waals surface area contributed by atoms with Gasteiger partial charge in [0.1, 0.15) is 6.61 Å². The zero-order valence-electron chi connectivity index (χ0n) is 30.4. The SMILES string of the molecule is CCCCCC/C=C\CCCCCCCC(=O)O[C@H](COC(=O)CCC/C=C\C/C=C\C/C=C\CCCCCCCC)COP(=O)(O)O. The minimum absolute atomic E-state index is 0.190. The van der Waals surface area contributed by atoms with Crippen molar-refractivity contribution < 1.29 is 37.9 Å². The van der Waals surface area contributed by atoms with E-state index in [1.165, 1.54) is 64.2 Å². The van der Waals surface area contributed by atoms with E-state index in [0.717, 1.165) is 64.2 Å². The Balaban J connectivity index is 4.07. The Kier molecular flexibility index (Phi) is 33.4. The van der Waals surface area contributed by atoms with Gasteiger partial charge in [-0.3, -0.25) is 14.1 Å². The first kappa shape index (κ1) is 46.0. The molecule has 0 rings (SSSR count). The zero-order valence-corrected chi connectivity index (χ0v) is 31.3. The van der Waals surface area contributed by atoms with Crippen molar-refractivity contribution in [3.63, 3.8) is 0 Å². The van der Waals surface area contributed by atoms with Crippen LogP contribution in [0.5, 0.6) is 0 Å². The molecule has 0 bridgehead atoms. The lowest BCUT2D eigenvalue weighted by Gasteiger charge is -2.18. The molecule has 278 valence electrons. The van der Waals surface area contributed by atoms with Crippen LogP contribution in [0.3, 0.4) is 0 Å². The van der Waals surface area contributed by atoms with Crippen LogP contribution in [-0.4, -0.2) is 41.0 Å². The maximum absolute atomic E-state index is 12.3. The van der Waals surface area contributed by atoms with Crippen LogP contribution in [0.2, 0.25) is 0 Å². The number of unbranched alkanes of at least 4 members (excludes halogenated alkanes) is 16. The van der Waals surface area contributed by atoms with Gasteiger partial charge in [-0.05, 0) is 70.6 Å². The van der Waals surface area contributed by atoms with Crippen LogP contribution in [0.25, 0.3) is 0 Å². The van der Waals surface area contributed by atoms with Crippen molar-refractivity contribution in [1.29, 1.82) is 0 Å². The molecule has 0 saturated heterocycles. The minimum atomic E-state index is -4.76. The average molecular weight is 697 g/mol. The number of hydrogen-bond donors (Lipinski definition) is 2. The van der Waals surface area contributed by atoms with E-state index in [9.17, 15) is 14.2 Å². The number of phosphoric ester groups is 1. The second-order valence-electron chi connectivity index (χ2n) is 12.5. The molecule has 0 unspecified atom stereocenters. The highest BCUT2D eigenvalue weighted by molar-refractivity contribution is 7.46. The minimum Gasteiger partial charge on any atom is -0.462 e. The van der Waals surface area contributed by atoms with E-state index in [0.29, 0.717) is 12.8 Å². The fourth-order valence-corrected chi connectivity index (χ4v) is 5.33. The number of ether oxygens (including phenoxy) is 2. The van der Waals surface area contributed by atoms with Gasteiger partial charge in [-0.25, -0.2) is 4.57 Å². The van der Waals surface area contributed by atoms with E-state index >= 15 is 0 Å². The summed E-state index contributed by atoms with van der Waals surface area (Å²) in [7, 11) is -4.76. The normalized spacial score (nSPS) is 13.0. The quantitative estimate of drug-likeness (QED) is 0.0295. The topological polar surface area (TPSA) is 119 Å². The van der Waals surface area contributed by atoms with Crippen molar-refractivity contribution in [2.24, 2.45) is 0 Å². The summed E-state index contributed by atoms with van der Waals surface area (Å²) in [6.07, 6.45) is 41.2. The summed E-state index contributed by atoms with van der Waals surface area (Å²) >= 11 is 0. The molecular weight excluding hydrogens is 627 g/mol. The van der Waals surface area contributed by atoms with Gasteiger partial charge < -0.3 is 19.3 Å². The first-order valence-electron chi connectivity index (χ1n) is 18.9. The van der Waals surface area contributed by atoms with E-state index in [1.807, 2.05) is 6.08 Å². The maximum Gasteiger partial charge on any atom is 0.469 e. The lowest BCUT2D eigenvalue weighted by atomic mass is 10.1. The van der Waals surface area contributed by atoms with Crippen LogP contribution in [0.4, 0.5) is 0 Å². The molecule has 0 aromatic rings. The monoisotopic (exact) mass is 696 g/mol. The molecule has 0 aliphatic heterocycles. The van der Waals surface area contributed by atoms with Crippen LogP contribution in [0.1, 0.15) is 168 Å². The summed E-state index contributed by atoms with van der Waals surface area (Å²) < 4.78 is 26.2. The third-order valence-electron chi connectivity index (χ3n) is 7.82. The lowest BCUT2D eigenvalue weighted by Crippen LogP contribution is -2.29. The van der Waals surface area contributed by atoms with Gasteiger partial charge in [-0.15, -0.1) is 0 Å². The van der Waals surface area contributed by atoms with E-state index in [2.05, 4.69) is 60.9 Å². The third-order valence-corrected chi connectivity index (χ3v) is 8.31. The van der Waals surface area contributed by atoms with Crippen molar-refractivity contribution in [3.05, 3.63) is 48.6 Å². The first-order chi connectivity index (χ1) is 23.3. The van der Waals surface area contributed by atoms with E-state index in [4.69, 9.17) is 19.3 Å². The van der Waals surface area contributed by atoms with Gasteiger partial charge in [0.2, 0.25) is 0 Å². The van der Waals surface area contributed by atoms with Crippen molar-refractivity contribution in [3.8, 4) is 0 Å². The molecule has 2 N–H and O–H groups in total. The Bertz CT molecular complexity index is 921. The van der Waals surface area contributed by atoms with E-state index in [1.54, 1.807) is 0 Å². The van der Waals surface area contributed by atoms with Gasteiger partial charge in [0, 0.05) is 12.8 Å². The first-order valence-corrected chi connectivity index (χ1v) is 20.5. The number of phosphoric acid groups is 1. The van der Waals surface area contributed by atoms with Gasteiger partial charge in [0.25, 0.3) is 0 Å². The van der Waals surface area contributed by atoms with Crippen LogP contribution in [0, 0.1) is 0 Å². The van der Waals surface area contributed by atoms with E-state index < -0.39 is 32.5 Å². The molecule has 8 nitrogen and oxygen atoms in total. The predicted octanol–water partition coefficient (Wildman–Crippen LogP) is 11.2. The van der Waals surface area contributed by atoms with Crippen LogP contribution >= 0.6 is 7.82 Å². The van der Waals surface area contributed by atoms with Crippen LogP contribution < -0.4 is 0 Å². The van der Waals surface area contributed by atoms with Gasteiger partial charge in [-0.2, -0.15) is 0 Å². The molecule has 1 atom stereocenters. The smallest absolute Gasteiger partial charge is 0.462 e. The van der Waals surface area contributed by atoms with Gasteiger partial charge >= 0.3 is 19.8 Å². The molecule has 48 heavy (non-hydrogen) atoms. The van der Waals surface area contributed by atoms with Crippen molar-refractivity contribution >= 4 is 19.8 Å². The number of carbonyl (C=O) groups is 2. The molecule has 0 spiro atoms. The van der Waals surface area contributed by atoms with Gasteiger partial charge in [0.05, 0.1) is 6.61 Å². The molecule has 0 aromatic carbocycles. The number of esters is 2. The lowest BCUT2D eigenvalue weighted by molar-refractivity contribution is -0.161. The average Bonchev–Trinajstić information content (AvgIpc) is 3.05. The Morgan fingerprint density at radius 1 is 0.542 bits per heavy atom. The Hall–Kier alpha value is -1.99. The van der Waals surface area contributed by atoms with Crippen molar-refractivity contribution in [2.75, 3.05) is 13.2 Å².